The molecule has 0 unspecified atom stereocenters. The highest BCUT2D eigenvalue weighted by Gasteiger charge is 2.02. The average Bonchev–Trinajstić information content (AvgIpc) is 2.20. The van der Waals surface area contributed by atoms with Gasteiger partial charge in [-0.1, -0.05) is 23.7 Å². The smallest absolute Gasteiger partial charge is 0.123 e. The molecule has 1 aromatic carbocycles. The summed E-state index contributed by atoms with van der Waals surface area (Å²) in [4.78, 5) is 4.22. The van der Waals surface area contributed by atoms with Crippen LogP contribution in [0, 0.1) is 6.92 Å². The molecule has 0 saturated heterocycles. The summed E-state index contributed by atoms with van der Waals surface area (Å²) in [6.07, 6.45) is 0. The monoisotopic (exact) mass is 218 g/mol. The molecule has 0 aliphatic heterocycles. The van der Waals surface area contributed by atoms with Gasteiger partial charge in [0.05, 0.1) is 0 Å². The van der Waals surface area contributed by atoms with Gasteiger partial charge in [0.2, 0.25) is 0 Å². The molecule has 0 atom stereocenters. The Morgan fingerprint density at radius 2 is 1.73 bits per heavy atom. The van der Waals surface area contributed by atoms with E-state index in [9.17, 15) is 0 Å². The molecule has 0 aliphatic carbocycles. The lowest BCUT2D eigenvalue weighted by Gasteiger charge is -2.05. The molecule has 0 fully saturated rings. The molecule has 0 amide bonds. The first kappa shape index (κ1) is 9.99. The first-order valence-corrected chi connectivity index (χ1v) is 5.03. The Kier molecular flexibility index (Phi) is 2.60. The zero-order valence-corrected chi connectivity index (χ0v) is 9.12. The summed E-state index contributed by atoms with van der Waals surface area (Å²) in [6.45, 7) is 1.94. The molecule has 0 aliphatic rings. The number of nitrogen functional groups attached to an aromatic ring is 1. The van der Waals surface area contributed by atoms with Crippen LogP contribution in [0.3, 0.4) is 0 Å². The maximum atomic E-state index is 5.83. The number of pyridine rings is 1. The summed E-state index contributed by atoms with van der Waals surface area (Å²) in [6, 6.07) is 11.5. The molecule has 3 heteroatoms. The van der Waals surface area contributed by atoms with Gasteiger partial charge in [-0.3, -0.25) is 0 Å². The number of anilines is 1. The van der Waals surface area contributed by atoms with E-state index in [-0.39, 0.29) is 0 Å². The largest absolute Gasteiger partial charge is 0.384 e. The third-order valence-corrected chi connectivity index (χ3v) is 2.51. The number of aromatic nitrogens is 1. The second kappa shape index (κ2) is 3.91. The first-order valence-electron chi connectivity index (χ1n) is 4.66. The molecule has 2 rings (SSSR count). The van der Waals surface area contributed by atoms with Crippen molar-refractivity contribution in [2.75, 3.05) is 5.73 Å². The van der Waals surface area contributed by atoms with Crippen LogP contribution >= 0.6 is 11.6 Å². The van der Waals surface area contributed by atoms with E-state index in [1.165, 1.54) is 0 Å². The molecule has 2 N–H and O–H groups in total. The van der Waals surface area contributed by atoms with Crippen molar-refractivity contribution in [1.82, 2.24) is 4.98 Å². The van der Waals surface area contributed by atoms with E-state index in [2.05, 4.69) is 4.98 Å². The van der Waals surface area contributed by atoms with Crippen molar-refractivity contribution in [3.05, 3.63) is 47.1 Å². The van der Waals surface area contributed by atoms with Crippen LogP contribution in [0.15, 0.2) is 36.4 Å². The van der Waals surface area contributed by atoms with Crippen LogP contribution in [0.25, 0.3) is 11.1 Å². The van der Waals surface area contributed by atoms with Gasteiger partial charge in [-0.05, 0) is 36.8 Å². The lowest BCUT2D eigenvalue weighted by atomic mass is 10.0. The topological polar surface area (TPSA) is 38.9 Å². The third-order valence-electron chi connectivity index (χ3n) is 2.26. The second-order valence-corrected chi connectivity index (χ2v) is 3.81. The molecule has 0 radical (unpaired) electrons. The van der Waals surface area contributed by atoms with E-state index in [0.29, 0.717) is 5.82 Å². The van der Waals surface area contributed by atoms with Crippen molar-refractivity contribution < 1.29 is 0 Å². The highest BCUT2D eigenvalue weighted by Crippen LogP contribution is 2.24. The molecule has 0 spiro atoms. The summed E-state index contributed by atoms with van der Waals surface area (Å²) in [5.74, 6) is 0.546. The number of aryl methyl sites for hydroxylation is 1. The van der Waals surface area contributed by atoms with Crippen LogP contribution in [0.2, 0.25) is 5.02 Å². The SMILES string of the molecule is Cc1nc(N)ccc1-c1ccc(Cl)cc1. The number of benzene rings is 1. The Hall–Kier alpha value is -1.54. The molecule has 2 nitrogen and oxygen atoms in total. The Bertz CT molecular complexity index is 477. The number of nitrogens with two attached hydrogens (primary N) is 1. The van der Waals surface area contributed by atoms with Gasteiger partial charge in [-0.2, -0.15) is 0 Å². The fraction of sp³-hybridized carbons (Fsp3) is 0.0833. The predicted octanol–water partition coefficient (Wildman–Crippen LogP) is 3.29. The lowest BCUT2D eigenvalue weighted by Crippen LogP contribution is -1.93. The molecular formula is C12H11ClN2. The van der Waals surface area contributed by atoms with Crippen LogP contribution in [0.1, 0.15) is 5.69 Å². The molecule has 76 valence electrons. The lowest BCUT2D eigenvalue weighted by molar-refractivity contribution is 1.21. The maximum absolute atomic E-state index is 5.83. The summed E-state index contributed by atoms with van der Waals surface area (Å²) in [5, 5.41) is 0.736. The summed E-state index contributed by atoms with van der Waals surface area (Å²) in [7, 11) is 0. The molecule has 2 aromatic rings. The van der Waals surface area contributed by atoms with Gasteiger partial charge in [-0.25, -0.2) is 4.98 Å². The molecular weight excluding hydrogens is 208 g/mol. The van der Waals surface area contributed by atoms with Crippen LogP contribution in [0.5, 0.6) is 0 Å². The van der Waals surface area contributed by atoms with Crippen molar-refractivity contribution in [3.8, 4) is 11.1 Å². The minimum atomic E-state index is 0.546. The van der Waals surface area contributed by atoms with Gasteiger partial charge in [0.15, 0.2) is 0 Å². The minimum absolute atomic E-state index is 0.546. The van der Waals surface area contributed by atoms with E-state index >= 15 is 0 Å². The van der Waals surface area contributed by atoms with Gasteiger partial charge in [-0.15, -0.1) is 0 Å². The van der Waals surface area contributed by atoms with E-state index in [4.69, 9.17) is 17.3 Å². The maximum Gasteiger partial charge on any atom is 0.123 e. The molecule has 0 bridgehead atoms. The zero-order chi connectivity index (χ0) is 10.8. The Morgan fingerprint density at radius 1 is 1.07 bits per heavy atom. The number of hydrogen-bond donors (Lipinski definition) is 1. The Morgan fingerprint density at radius 3 is 2.33 bits per heavy atom. The van der Waals surface area contributed by atoms with Crippen molar-refractivity contribution in [2.24, 2.45) is 0 Å². The molecule has 0 saturated carbocycles. The van der Waals surface area contributed by atoms with E-state index in [1.807, 2.05) is 37.3 Å². The van der Waals surface area contributed by atoms with Gasteiger partial charge in [0.25, 0.3) is 0 Å². The fourth-order valence-corrected chi connectivity index (χ4v) is 1.64. The van der Waals surface area contributed by atoms with Crippen molar-refractivity contribution in [3.63, 3.8) is 0 Å². The van der Waals surface area contributed by atoms with Crippen molar-refractivity contribution >= 4 is 17.4 Å². The summed E-state index contributed by atoms with van der Waals surface area (Å²) < 4.78 is 0. The quantitative estimate of drug-likeness (QED) is 0.798. The molecule has 1 heterocycles. The Balaban J connectivity index is 2.49. The van der Waals surface area contributed by atoms with Gasteiger partial charge in [0.1, 0.15) is 5.82 Å². The highest BCUT2D eigenvalue weighted by molar-refractivity contribution is 6.30. The number of rotatable bonds is 1. The van der Waals surface area contributed by atoms with Crippen molar-refractivity contribution in [2.45, 2.75) is 6.92 Å². The highest BCUT2D eigenvalue weighted by atomic mass is 35.5. The van der Waals surface area contributed by atoms with Crippen LogP contribution in [-0.2, 0) is 0 Å². The van der Waals surface area contributed by atoms with Crippen molar-refractivity contribution in [1.29, 1.82) is 0 Å². The van der Waals surface area contributed by atoms with Gasteiger partial charge in [0, 0.05) is 16.3 Å². The average molecular weight is 219 g/mol. The standard InChI is InChI=1S/C12H11ClN2/c1-8-11(6-7-12(14)15-8)9-2-4-10(13)5-3-9/h2-7H,1H3,(H2,14,15). The van der Waals surface area contributed by atoms with E-state index in [0.717, 1.165) is 21.8 Å². The minimum Gasteiger partial charge on any atom is -0.384 e. The van der Waals surface area contributed by atoms with Crippen LogP contribution in [-0.4, -0.2) is 4.98 Å². The van der Waals surface area contributed by atoms with E-state index < -0.39 is 0 Å². The van der Waals surface area contributed by atoms with Gasteiger partial charge < -0.3 is 5.73 Å². The van der Waals surface area contributed by atoms with Crippen LogP contribution in [0.4, 0.5) is 5.82 Å². The Labute approximate surface area is 93.7 Å². The number of nitrogens with zero attached hydrogens (tertiary/aromatic N) is 1. The molecule has 15 heavy (non-hydrogen) atoms. The summed E-state index contributed by atoms with van der Waals surface area (Å²) in [5.41, 5.74) is 8.71. The zero-order valence-electron chi connectivity index (χ0n) is 8.37. The van der Waals surface area contributed by atoms with Crippen LogP contribution < -0.4 is 5.73 Å². The number of halogens is 1. The third kappa shape index (κ3) is 2.10. The number of hydrogen-bond acceptors (Lipinski definition) is 2. The fourth-order valence-electron chi connectivity index (χ4n) is 1.52. The summed E-state index contributed by atoms with van der Waals surface area (Å²) >= 11 is 5.83. The van der Waals surface area contributed by atoms with E-state index in [1.54, 1.807) is 6.07 Å². The normalized spacial score (nSPS) is 10.3. The predicted molar refractivity (Wildman–Crippen MR) is 63.8 cm³/mol. The second-order valence-electron chi connectivity index (χ2n) is 3.38. The first-order chi connectivity index (χ1) is 7.16. The molecule has 1 aromatic heterocycles. The van der Waals surface area contributed by atoms with Gasteiger partial charge >= 0.3 is 0 Å².